The predicted octanol–water partition coefficient (Wildman–Crippen LogP) is 2.94. The molecule has 1 saturated heterocycles. The van der Waals surface area contributed by atoms with Gasteiger partial charge in [0.1, 0.15) is 0 Å². The number of rotatable bonds is 6. The third-order valence-electron chi connectivity index (χ3n) is 3.81. The highest BCUT2D eigenvalue weighted by Crippen LogP contribution is 2.21. The van der Waals surface area contributed by atoms with Crippen LogP contribution in [0, 0.1) is 0 Å². The van der Waals surface area contributed by atoms with E-state index >= 15 is 0 Å². The molecule has 0 saturated carbocycles. The van der Waals surface area contributed by atoms with E-state index in [4.69, 9.17) is 0 Å². The zero-order valence-electron chi connectivity index (χ0n) is 11.0. The van der Waals surface area contributed by atoms with Gasteiger partial charge in [0.15, 0.2) is 0 Å². The Labute approximate surface area is 95.6 Å². The van der Waals surface area contributed by atoms with E-state index in [1.807, 2.05) is 0 Å². The molecular formula is C13H28N2. The summed E-state index contributed by atoms with van der Waals surface area (Å²) in [6, 6.07) is 1.49. The molecule has 1 heterocycles. The van der Waals surface area contributed by atoms with Crippen LogP contribution in [0.2, 0.25) is 0 Å². The van der Waals surface area contributed by atoms with E-state index in [0.29, 0.717) is 0 Å². The van der Waals surface area contributed by atoms with Crippen molar-refractivity contribution in [1.82, 2.24) is 9.80 Å². The molecule has 0 spiro atoms. The van der Waals surface area contributed by atoms with Gasteiger partial charge < -0.3 is 0 Å². The Morgan fingerprint density at radius 1 is 0.867 bits per heavy atom. The summed E-state index contributed by atoms with van der Waals surface area (Å²) in [5.74, 6) is 0. The maximum Gasteiger partial charge on any atom is 0.0512 e. The minimum atomic E-state index is 0.744. The molecule has 2 nitrogen and oxygen atoms in total. The zero-order chi connectivity index (χ0) is 11.3. The molecule has 1 aliphatic rings. The Hall–Kier alpha value is -0.0800. The summed E-state index contributed by atoms with van der Waals surface area (Å²) in [6.45, 7) is 13.1. The average Bonchev–Trinajstić information content (AvgIpc) is 2.51. The summed E-state index contributed by atoms with van der Waals surface area (Å²) in [5, 5.41) is 0. The Kier molecular flexibility index (Phi) is 5.62. The fourth-order valence-corrected chi connectivity index (χ4v) is 2.37. The minimum Gasteiger partial charge on any atom is -0.286 e. The normalized spacial score (nSPS) is 28.8. The van der Waals surface area contributed by atoms with E-state index < -0.39 is 0 Å². The number of unbranched alkanes of at least 4 members (excludes halogenated alkanes) is 2. The van der Waals surface area contributed by atoms with E-state index in [-0.39, 0.29) is 0 Å². The maximum atomic E-state index is 2.64. The van der Waals surface area contributed by atoms with Crippen molar-refractivity contribution in [2.24, 2.45) is 0 Å². The van der Waals surface area contributed by atoms with Crippen LogP contribution >= 0.6 is 0 Å². The molecule has 1 aliphatic heterocycles. The van der Waals surface area contributed by atoms with Crippen LogP contribution in [0.25, 0.3) is 0 Å². The number of hydrogen-bond donors (Lipinski definition) is 0. The molecule has 2 atom stereocenters. The number of nitrogens with zero attached hydrogens (tertiary/aromatic N) is 2. The van der Waals surface area contributed by atoms with Crippen molar-refractivity contribution in [3.05, 3.63) is 0 Å². The Morgan fingerprint density at radius 2 is 1.27 bits per heavy atom. The van der Waals surface area contributed by atoms with Crippen molar-refractivity contribution in [2.45, 2.75) is 65.5 Å². The highest BCUT2D eigenvalue weighted by molar-refractivity contribution is 4.86. The third-order valence-corrected chi connectivity index (χ3v) is 3.81. The largest absolute Gasteiger partial charge is 0.286 e. The molecule has 0 bridgehead atoms. The molecular weight excluding hydrogens is 184 g/mol. The average molecular weight is 212 g/mol. The van der Waals surface area contributed by atoms with Crippen molar-refractivity contribution in [1.29, 1.82) is 0 Å². The first kappa shape index (κ1) is 13.0. The lowest BCUT2D eigenvalue weighted by Crippen LogP contribution is -2.33. The topological polar surface area (TPSA) is 6.48 Å². The van der Waals surface area contributed by atoms with Crippen LogP contribution in [0.15, 0.2) is 0 Å². The maximum absolute atomic E-state index is 2.64. The van der Waals surface area contributed by atoms with Crippen molar-refractivity contribution in [3.8, 4) is 0 Å². The van der Waals surface area contributed by atoms with Crippen LogP contribution in [-0.2, 0) is 0 Å². The van der Waals surface area contributed by atoms with E-state index in [1.54, 1.807) is 0 Å². The van der Waals surface area contributed by atoms with Crippen molar-refractivity contribution < 1.29 is 0 Å². The van der Waals surface area contributed by atoms with Gasteiger partial charge >= 0.3 is 0 Å². The quantitative estimate of drug-likeness (QED) is 0.668. The molecule has 0 aromatic carbocycles. The first-order valence-electron chi connectivity index (χ1n) is 6.68. The molecule has 15 heavy (non-hydrogen) atoms. The van der Waals surface area contributed by atoms with Crippen LogP contribution in [-0.4, -0.2) is 41.6 Å². The summed E-state index contributed by atoms with van der Waals surface area (Å²) >= 11 is 0. The molecule has 90 valence electrons. The van der Waals surface area contributed by atoms with Gasteiger partial charge in [-0.15, -0.1) is 0 Å². The van der Waals surface area contributed by atoms with Crippen LogP contribution in [0.5, 0.6) is 0 Å². The SMILES string of the molecule is CCCCN1CN(CCCC)C(C)C1C. The lowest BCUT2D eigenvalue weighted by molar-refractivity contribution is 0.217. The first-order valence-corrected chi connectivity index (χ1v) is 6.68. The van der Waals surface area contributed by atoms with Crippen molar-refractivity contribution >= 4 is 0 Å². The van der Waals surface area contributed by atoms with Gasteiger partial charge in [-0.1, -0.05) is 26.7 Å². The van der Waals surface area contributed by atoms with Gasteiger partial charge in [-0.2, -0.15) is 0 Å². The first-order chi connectivity index (χ1) is 7.20. The second kappa shape index (κ2) is 6.49. The molecule has 2 unspecified atom stereocenters. The van der Waals surface area contributed by atoms with E-state index in [9.17, 15) is 0 Å². The van der Waals surface area contributed by atoms with Crippen LogP contribution in [0.1, 0.15) is 53.4 Å². The lowest BCUT2D eigenvalue weighted by atomic mass is 10.1. The lowest BCUT2D eigenvalue weighted by Gasteiger charge is -2.21. The van der Waals surface area contributed by atoms with Gasteiger partial charge in [-0.3, -0.25) is 9.80 Å². The van der Waals surface area contributed by atoms with Crippen molar-refractivity contribution in [3.63, 3.8) is 0 Å². The molecule has 1 rings (SSSR count). The third kappa shape index (κ3) is 3.46. The standard InChI is InChI=1S/C13H28N2/c1-5-7-9-14-11-15(10-8-6-2)13(4)12(14)3/h12-13H,5-11H2,1-4H3. The van der Waals surface area contributed by atoms with Gasteiger partial charge in [-0.25, -0.2) is 0 Å². The summed E-state index contributed by atoms with van der Waals surface area (Å²) in [5.41, 5.74) is 0. The molecule has 0 aliphatic carbocycles. The molecule has 0 aromatic rings. The summed E-state index contributed by atoms with van der Waals surface area (Å²) in [7, 11) is 0. The molecule has 2 heteroatoms. The number of hydrogen-bond acceptors (Lipinski definition) is 2. The van der Waals surface area contributed by atoms with E-state index in [0.717, 1.165) is 12.1 Å². The Bertz CT molecular complexity index is 152. The van der Waals surface area contributed by atoms with Gasteiger partial charge in [0.2, 0.25) is 0 Å². The van der Waals surface area contributed by atoms with E-state index in [2.05, 4.69) is 37.5 Å². The minimum absolute atomic E-state index is 0.744. The molecule has 0 radical (unpaired) electrons. The van der Waals surface area contributed by atoms with Gasteiger partial charge in [0, 0.05) is 12.1 Å². The smallest absolute Gasteiger partial charge is 0.0512 e. The van der Waals surface area contributed by atoms with Gasteiger partial charge in [0.25, 0.3) is 0 Å². The van der Waals surface area contributed by atoms with Gasteiger partial charge in [0.05, 0.1) is 6.67 Å². The molecule has 0 amide bonds. The fourth-order valence-electron chi connectivity index (χ4n) is 2.37. The summed E-state index contributed by atoms with van der Waals surface area (Å²) in [4.78, 5) is 5.29. The predicted molar refractivity (Wildman–Crippen MR) is 67.0 cm³/mol. The summed E-state index contributed by atoms with van der Waals surface area (Å²) < 4.78 is 0. The Morgan fingerprint density at radius 3 is 1.60 bits per heavy atom. The van der Waals surface area contributed by atoms with E-state index in [1.165, 1.54) is 45.4 Å². The highest BCUT2D eigenvalue weighted by Gasteiger charge is 2.32. The monoisotopic (exact) mass is 212 g/mol. The molecule has 1 fully saturated rings. The molecule has 0 N–H and O–H groups in total. The van der Waals surface area contributed by atoms with Crippen LogP contribution in [0.4, 0.5) is 0 Å². The summed E-state index contributed by atoms with van der Waals surface area (Å²) in [6.07, 6.45) is 5.32. The zero-order valence-corrected chi connectivity index (χ0v) is 11.0. The second-order valence-electron chi connectivity index (χ2n) is 4.95. The highest BCUT2D eigenvalue weighted by atomic mass is 15.4. The fraction of sp³-hybridized carbons (Fsp3) is 1.00. The Balaban J connectivity index is 2.37. The van der Waals surface area contributed by atoms with Crippen LogP contribution < -0.4 is 0 Å². The van der Waals surface area contributed by atoms with Gasteiger partial charge in [-0.05, 0) is 39.8 Å². The second-order valence-corrected chi connectivity index (χ2v) is 4.95. The van der Waals surface area contributed by atoms with Crippen LogP contribution in [0.3, 0.4) is 0 Å². The molecule has 0 aromatic heterocycles. The van der Waals surface area contributed by atoms with Crippen molar-refractivity contribution in [2.75, 3.05) is 19.8 Å².